The van der Waals surface area contributed by atoms with Crippen LogP contribution in [0.1, 0.15) is 46.3 Å². The minimum absolute atomic E-state index is 0.0298. The summed E-state index contributed by atoms with van der Waals surface area (Å²) in [7, 11) is 0. The number of carbonyl (C=O) groups is 1. The monoisotopic (exact) mass is 525 g/mol. The molecule has 2 aliphatic rings. The molecule has 196 valence electrons. The van der Waals surface area contributed by atoms with Gasteiger partial charge in [-0.05, 0) is 67.3 Å². The fourth-order valence-electron chi connectivity index (χ4n) is 5.65. The lowest BCUT2D eigenvalue weighted by molar-refractivity contribution is 0.208. The highest BCUT2D eigenvalue weighted by Gasteiger charge is 2.29. The molecule has 1 fully saturated rings. The van der Waals surface area contributed by atoms with Gasteiger partial charge >= 0.3 is 6.03 Å². The zero-order chi connectivity index (χ0) is 26.2. The van der Waals surface area contributed by atoms with Crippen molar-refractivity contribution in [2.75, 3.05) is 36.4 Å². The van der Waals surface area contributed by atoms with E-state index in [1.807, 2.05) is 34.4 Å². The largest absolute Gasteiger partial charge is 0.352 e. The fourth-order valence-corrected chi connectivity index (χ4v) is 7.05. The van der Waals surface area contributed by atoms with E-state index in [4.69, 9.17) is 9.97 Å². The number of hydrogen-bond acceptors (Lipinski definition) is 5. The first-order valence-electron chi connectivity index (χ1n) is 13.7. The van der Waals surface area contributed by atoms with Crippen molar-refractivity contribution in [3.8, 4) is 0 Å². The fraction of sp³-hybridized carbons (Fsp3) is 0.387. The van der Waals surface area contributed by atoms with Crippen LogP contribution < -0.4 is 10.2 Å². The quantitative estimate of drug-likeness (QED) is 0.336. The molecule has 1 aliphatic carbocycles. The lowest BCUT2D eigenvalue weighted by Gasteiger charge is -2.36. The number of aromatic nitrogens is 2. The van der Waals surface area contributed by atoms with E-state index in [1.165, 1.54) is 33.4 Å². The van der Waals surface area contributed by atoms with Crippen LogP contribution in [-0.2, 0) is 19.3 Å². The summed E-state index contributed by atoms with van der Waals surface area (Å²) in [5.41, 5.74) is 5.87. The minimum atomic E-state index is -0.0298. The Labute approximate surface area is 228 Å². The molecule has 4 aromatic rings. The number of carbonyl (C=O) groups excluding carboxylic acids is 1. The van der Waals surface area contributed by atoms with E-state index in [0.29, 0.717) is 13.1 Å². The second-order valence-corrected chi connectivity index (χ2v) is 11.9. The van der Waals surface area contributed by atoms with E-state index < -0.39 is 0 Å². The maximum absolute atomic E-state index is 13.1. The van der Waals surface area contributed by atoms with Gasteiger partial charge in [-0.2, -0.15) is 0 Å². The molecule has 6 rings (SSSR count). The first kappa shape index (κ1) is 24.9. The van der Waals surface area contributed by atoms with Crippen LogP contribution >= 0.6 is 11.3 Å². The Hall–Kier alpha value is -3.45. The lowest BCUT2D eigenvalue weighted by Crippen LogP contribution is -2.50. The number of nitrogens with one attached hydrogen (secondary N) is 1. The number of benzene rings is 2. The topological polar surface area (TPSA) is 61.4 Å². The molecular weight excluding hydrogens is 490 g/mol. The molecule has 0 spiro atoms. The summed E-state index contributed by atoms with van der Waals surface area (Å²) in [5.74, 6) is 2.65. The van der Waals surface area contributed by atoms with E-state index in [0.717, 1.165) is 66.0 Å². The van der Waals surface area contributed by atoms with Gasteiger partial charge in [0.1, 0.15) is 16.5 Å². The Morgan fingerprint density at radius 1 is 1.03 bits per heavy atom. The number of anilines is 2. The first-order chi connectivity index (χ1) is 18.5. The number of rotatable bonds is 4. The average Bonchev–Trinajstić information content (AvgIpc) is 3.28. The Morgan fingerprint density at radius 2 is 1.82 bits per heavy atom. The number of piperazine rings is 1. The van der Waals surface area contributed by atoms with Gasteiger partial charge in [0.15, 0.2) is 0 Å². The van der Waals surface area contributed by atoms with Crippen molar-refractivity contribution in [1.29, 1.82) is 0 Å². The van der Waals surface area contributed by atoms with Crippen molar-refractivity contribution in [3.63, 3.8) is 0 Å². The summed E-state index contributed by atoms with van der Waals surface area (Å²) in [4.78, 5) is 30.3. The van der Waals surface area contributed by atoms with Crippen LogP contribution in [0.25, 0.3) is 10.2 Å². The summed E-state index contributed by atoms with van der Waals surface area (Å²) in [6.45, 7) is 9.33. The predicted octanol–water partition coefficient (Wildman–Crippen LogP) is 6.38. The van der Waals surface area contributed by atoms with Crippen LogP contribution in [0.15, 0.2) is 48.5 Å². The molecule has 1 saturated heterocycles. The van der Waals surface area contributed by atoms with Gasteiger partial charge < -0.3 is 15.1 Å². The molecule has 1 N–H and O–H groups in total. The zero-order valence-electron chi connectivity index (χ0n) is 22.5. The average molecular weight is 526 g/mol. The summed E-state index contributed by atoms with van der Waals surface area (Å²) in [5, 5.41) is 4.38. The third-order valence-electron chi connectivity index (χ3n) is 8.10. The number of thiophene rings is 1. The summed E-state index contributed by atoms with van der Waals surface area (Å²) in [6, 6.07) is 16.5. The van der Waals surface area contributed by atoms with Crippen molar-refractivity contribution < 1.29 is 4.79 Å². The molecule has 2 aromatic heterocycles. The predicted molar refractivity (Wildman–Crippen MR) is 157 cm³/mol. The molecule has 0 saturated carbocycles. The maximum atomic E-state index is 13.1. The number of hydrogen-bond donors (Lipinski definition) is 1. The molecule has 0 bridgehead atoms. The van der Waals surface area contributed by atoms with Gasteiger partial charge in [0.2, 0.25) is 0 Å². The SMILES string of the molecule is Cc1cccc(NC(=O)N2CCN(c3nc(Cc4ccccc4)nc4sc5c(c34)CCC(C)C5)CC2)c1C. The van der Waals surface area contributed by atoms with Crippen molar-refractivity contribution in [2.24, 2.45) is 5.92 Å². The Balaban J connectivity index is 1.26. The molecular formula is C31H35N5OS. The van der Waals surface area contributed by atoms with Gasteiger partial charge in [-0.1, -0.05) is 49.4 Å². The number of fused-ring (bicyclic) bond motifs is 3. The third-order valence-corrected chi connectivity index (χ3v) is 9.25. The summed E-state index contributed by atoms with van der Waals surface area (Å²) < 4.78 is 0. The van der Waals surface area contributed by atoms with Crippen LogP contribution in [0.5, 0.6) is 0 Å². The van der Waals surface area contributed by atoms with Gasteiger partial charge in [0.05, 0.1) is 5.39 Å². The molecule has 1 atom stereocenters. The van der Waals surface area contributed by atoms with Gasteiger partial charge in [-0.15, -0.1) is 11.3 Å². The zero-order valence-corrected chi connectivity index (χ0v) is 23.3. The molecule has 0 radical (unpaired) electrons. The van der Waals surface area contributed by atoms with Crippen molar-refractivity contribution in [2.45, 2.75) is 46.5 Å². The van der Waals surface area contributed by atoms with E-state index in [-0.39, 0.29) is 6.03 Å². The summed E-state index contributed by atoms with van der Waals surface area (Å²) >= 11 is 1.86. The van der Waals surface area contributed by atoms with Gasteiger partial charge in [-0.3, -0.25) is 0 Å². The smallest absolute Gasteiger partial charge is 0.321 e. The minimum Gasteiger partial charge on any atom is -0.352 e. The van der Waals surface area contributed by atoms with E-state index >= 15 is 0 Å². The summed E-state index contributed by atoms with van der Waals surface area (Å²) in [6.07, 6.45) is 4.18. The molecule has 1 aliphatic heterocycles. The highest BCUT2D eigenvalue weighted by atomic mass is 32.1. The number of nitrogens with zero attached hydrogens (tertiary/aromatic N) is 4. The van der Waals surface area contributed by atoms with Gasteiger partial charge in [-0.25, -0.2) is 14.8 Å². The van der Waals surface area contributed by atoms with E-state index in [9.17, 15) is 4.79 Å². The second-order valence-electron chi connectivity index (χ2n) is 10.8. The molecule has 3 heterocycles. The number of amides is 2. The normalized spacial score (nSPS) is 17.5. The third kappa shape index (κ3) is 4.87. The lowest BCUT2D eigenvalue weighted by atomic mass is 9.89. The van der Waals surface area contributed by atoms with Crippen LogP contribution in [-0.4, -0.2) is 47.1 Å². The van der Waals surface area contributed by atoms with E-state index in [2.05, 4.69) is 61.3 Å². The number of aryl methyl sites for hydroxylation is 2. The highest BCUT2D eigenvalue weighted by molar-refractivity contribution is 7.19. The van der Waals surface area contributed by atoms with Crippen LogP contribution in [0.2, 0.25) is 0 Å². The van der Waals surface area contributed by atoms with Gasteiger partial charge in [0.25, 0.3) is 0 Å². The molecule has 2 aromatic carbocycles. The van der Waals surface area contributed by atoms with Crippen LogP contribution in [0, 0.1) is 19.8 Å². The van der Waals surface area contributed by atoms with Crippen LogP contribution in [0.4, 0.5) is 16.3 Å². The Kier molecular flexibility index (Phi) is 6.78. The standard InChI is InChI=1S/C31H35N5OS/c1-20-12-13-24-26(18-20)38-30-28(24)29(33-27(34-30)19-23-9-5-4-6-10-23)35-14-16-36(17-15-35)31(37)32-25-11-7-8-21(2)22(25)3/h4-11,20H,12-19H2,1-3H3,(H,32,37). The Morgan fingerprint density at radius 3 is 2.61 bits per heavy atom. The van der Waals surface area contributed by atoms with E-state index in [1.54, 1.807) is 0 Å². The molecule has 38 heavy (non-hydrogen) atoms. The molecule has 6 nitrogen and oxygen atoms in total. The molecule has 2 amide bonds. The van der Waals surface area contributed by atoms with Crippen molar-refractivity contribution in [3.05, 3.63) is 81.5 Å². The Bertz CT molecular complexity index is 1470. The highest BCUT2D eigenvalue weighted by Crippen LogP contribution is 2.41. The maximum Gasteiger partial charge on any atom is 0.321 e. The van der Waals surface area contributed by atoms with Gasteiger partial charge in [0, 0.05) is 43.2 Å². The van der Waals surface area contributed by atoms with Crippen LogP contribution in [0.3, 0.4) is 0 Å². The van der Waals surface area contributed by atoms with Crippen molar-refractivity contribution >= 4 is 39.1 Å². The number of urea groups is 1. The molecule has 1 unspecified atom stereocenters. The molecule has 7 heteroatoms. The first-order valence-corrected chi connectivity index (χ1v) is 14.5. The van der Waals surface area contributed by atoms with Crippen molar-refractivity contribution in [1.82, 2.24) is 14.9 Å². The second kappa shape index (κ2) is 10.4.